The van der Waals surface area contributed by atoms with Gasteiger partial charge in [-0.1, -0.05) is 12.1 Å². The highest BCUT2D eigenvalue weighted by atomic mass is 16.5. The second kappa shape index (κ2) is 5.74. The van der Waals surface area contributed by atoms with Crippen LogP contribution < -0.4 is 15.4 Å². The number of benzene rings is 1. The molecule has 0 heterocycles. The summed E-state index contributed by atoms with van der Waals surface area (Å²) in [5.41, 5.74) is 0.477. The molecule has 0 aliphatic carbocycles. The predicted molar refractivity (Wildman–Crippen MR) is 62.2 cm³/mol. The standard InChI is InChI=1S/C11H14N2O4/c1-7(10(14)15)12-11(16)13-8-5-3-4-6-9(8)17-2/h3-7H,1-2H3,(H,14,15)(H2,12,13,16)/t7-/m0/s1. The van der Waals surface area contributed by atoms with Gasteiger partial charge in [-0.25, -0.2) is 4.79 Å². The van der Waals surface area contributed by atoms with E-state index in [0.29, 0.717) is 11.4 Å². The monoisotopic (exact) mass is 238 g/mol. The summed E-state index contributed by atoms with van der Waals surface area (Å²) >= 11 is 0. The lowest BCUT2D eigenvalue weighted by Crippen LogP contribution is -2.40. The molecule has 6 nitrogen and oxygen atoms in total. The van der Waals surface area contributed by atoms with Gasteiger partial charge in [0, 0.05) is 0 Å². The number of ether oxygens (including phenoxy) is 1. The molecule has 0 fully saturated rings. The average molecular weight is 238 g/mol. The van der Waals surface area contributed by atoms with Crippen molar-refractivity contribution >= 4 is 17.7 Å². The number of hydrogen-bond donors (Lipinski definition) is 3. The van der Waals surface area contributed by atoms with Crippen molar-refractivity contribution in [2.75, 3.05) is 12.4 Å². The van der Waals surface area contributed by atoms with Crippen LogP contribution in [0.25, 0.3) is 0 Å². The molecule has 1 aromatic carbocycles. The minimum Gasteiger partial charge on any atom is -0.495 e. The third-order valence-corrected chi connectivity index (χ3v) is 2.07. The number of carboxylic acids is 1. The maximum absolute atomic E-state index is 11.5. The molecule has 6 heteroatoms. The number of hydrogen-bond acceptors (Lipinski definition) is 3. The molecule has 1 aromatic rings. The van der Waals surface area contributed by atoms with Gasteiger partial charge in [0.25, 0.3) is 0 Å². The summed E-state index contributed by atoms with van der Waals surface area (Å²) in [6.07, 6.45) is 0. The van der Waals surface area contributed by atoms with Gasteiger partial charge in [-0.15, -0.1) is 0 Å². The Hall–Kier alpha value is -2.24. The molecule has 0 saturated heterocycles. The Labute approximate surface area is 98.6 Å². The van der Waals surface area contributed by atoms with Crippen LogP contribution >= 0.6 is 0 Å². The summed E-state index contributed by atoms with van der Waals surface area (Å²) in [4.78, 5) is 22.0. The molecule has 0 saturated carbocycles. The van der Waals surface area contributed by atoms with Crippen LogP contribution in [-0.2, 0) is 4.79 Å². The molecule has 0 bridgehead atoms. The highest BCUT2D eigenvalue weighted by Crippen LogP contribution is 2.22. The van der Waals surface area contributed by atoms with Crippen LogP contribution in [0, 0.1) is 0 Å². The van der Waals surface area contributed by atoms with Crippen LogP contribution in [-0.4, -0.2) is 30.3 Å². The summed E-state index contributed by atoms with van der Waals surface area (Å²) < 4.78 is 5.04. The van der Waals surface area contributed by atoms with E-state index in [-0.39, 0.29) is 0 Å². The number of carboxylic acid groups (broad SMARTS) is 1. The molecule has 0 unspecified atom stereocenters. The highest BCUT2D eigenvalue weighted by Gasteiger charge is 2.14. The molecule has 1 rings (SSSR count). The van der Waals surface area contributed by atoms with Gasteiger partial charge in [0.2, 0.25) is 0 Å². The van der Waals surface area contributed by atoms with Crippen molar-refractivity contribution < 1.29 is 19.4 Å². The first-order valence-electron chi connectivity index (χ1n) is 4.98. The van der Waals surface area contributed by atoms with Gasteiger partial charge in [-0.05, 0) is 19.1 Å². The largest absolute Gasteiger partial charge is 0.495 e. The van der Waals surface area contributed by atoms with Crippen LogP contribution in [0.1, 0.15) is 6.92 Å². The van der Waals surface area contributed by atoms with E-state index in [1.165, 1.54) is 14.0 Å². The molecule has 0 aliphatic heterocycles. The van der Waals surface area contributed by atoms with Gasteiger partial charge < -0.3 is 20.5 Å². The van der Waals surface area contributed by atoms with E-state index < -0.39 is 18.0 Å². The second-order valence-corrected chi connectivity index (χ2v) is 3.36. The molecule has 0 radical (unpaired) electrons. The van der Waals surface area contributed by atoms with Gasteiger partial charge in [0.05, 0.1) is 12.8 Å². The van der Waals surface area contributed by atoms with Crippen molar-refractivity contribution in [3.8, 4) is 5.75 Å². The second-order valence-electron chi connectivity index (χ2n) is 3.36. The van der Waals surface area contributed by atoms with Crippen LogP contribution in [0.5, 0.6) is 5.75 Å². The van der Waals surface area contributed by atoms with Gasteiger partial charge in [-0.3, -0.25) is 4.79 Å². The van der Waals surface area contributed by atoms with Crippen molar-refractivity contribution in [3.05, 3.63) is 24.3 Å². The molecule has 1 atom stereocenters. The van der Waals surface area contributed by atoms with Gasteiger partial charge in [-0.2, -0.15) is 0 Å². The van der Waals surface area contributed by atoms with Gasteiger partial charge in [0.15, 0.2) is 0 Å². The molecule has 17 heavy (non-hydrogen) atoms. The maximum Gasteiger partial charge on any atom is 0.325 e. The van der Waals surface area contributed by atoms with Crippen molar-refractivity contribution in [1.82, 2.24) is 5.32 Å². The van der Waals surface area contributed by atoms with E-state index in [2.05, 4.69) is 10.6 Å². The molecular formula is C11H14N2O4. The number of para-hydroxylation sites is 2. The fraction of sp³-hybridized carbons (Fsp3) is 0.273. The van der Waals surface area contributed by atoms with E-state index >= 15 is 0 Å². The van der Waals surface area contributed by atoms with Crippen molar-refractivity contribution in [3.63, 3.8) is 0 Å². The Balaban J connectivity index is 2.65. The molecule has 2 amide bonds. The first-order chi connectivity index (χ1) is 8.04. The third-order valence-electron chi connectivity index (χ3n) is 2.07. The minimum atomic E-state index is -1.10. The van der Waals surface area contributed by atoms with Crippen LogP contribution in [0.4, 0.5) is 10.5 Å². The Kier molecular flexibility index (Phi) is 4.33. The molecule has 3 N–H and O–H groups in total. The lowest BCUT2D eigenvalue weighted by Gasteiger charge is -2.12. The normalized spacial score (nSPS) is 11.4. The number of amides is 2. The van der Waals surface area contributed by atoms with E-state index in [1.54, 1.807) is 24.3 Å². The van der Waals surface area contributed by atoms with Crippen LogP contribution in [0.3, 0.4) is 0 Å². The van der Waals surface area contributed by atoms with E-state index in [4.69, 9.17) is 9.84 Å². The summed E-state index contributed by atoms with van der Waals surface area (Å²) in [6, 6.07) is 5.30. The fourth-order valence-electron chi connectivity index (χ4n) is 1.16. The molecular weight excluding hydrogens is 224 g/mol. The average Bonchev–Trinajstić information content (AvgIpc) is 2.29. The van der Waals surface area contributed by atoms with E-state index in [0.717, 1.165) is 0 Å². The minimum absolute atomic E-state index is 0.477. The summed E-state index contributed by atoms with van der Waals surface area (Å²) in [5.74, 6) is -0.592. The van der Waals surface area contributed by atoms with Crippen molar-refractivity contribution in [2.24, 2.45) is 0 Å². The number of urea groups is 1. The van der Waals surface area contributed by atoms with Gasteiger partial charge >= 0.3 is 12.0 Å². The quantitative estimate of drug-likeness (QED) is 0.737. The third kappa shape index (κ3) is 3.67. The zero-order valence-electron chi connectivity index (χ0n) is 9.56. The Morgan fingerprint density at radius 2 is 2.00 bits per heavy atom. The summed E-state index contributed by atoms with van der Waals surface area (Å²) in [7, 11) is 1.48. The maximum atomic E-state index is 11.5. The summed E-state index contributed by atoms with van der Waals surface area (Å²) in [6.45, 7) is 1.38. The van der Waals surface area contributed by atoms with Crippen LogP contribution in [0.15, 0.2) is 24.3 Å². The lowest BCUT2D eigenvalue weighted by atomic mass is 10.3. The van der Waals surface area contributed by atoms with E-state index in [1.807, 2.05) is 0 Å². The van der Waals surface area contributed by atoms with Crippen LogP contribution in [0.2, 0.25) is 0 Å². The Bertz CT molecular complexity index is 420. The van der Waals surface area contributed by atoms with Crippen molar-refractivity contribution in [2.45, 2.75) is 13.0 Å². The number of carbonyl (C=O) groups is 2. The van der Waals surface area contributed by atoms with Crippen molar-refractivity contribution in [1.29, 1.82) is 0 Å². The number of methoxy groups -OCH3 is 1. The Morgan fingerprint density at radius 3 is 2.59 bits per heavy atom. The molecule has 92 valence electrons. The summed E-state index contributed by atoms with van der Waals surface area (Å²) in [5, 5.41) is 13.4. The first-order valence-corrected chi connectivity index (χ1v) is 4.98. The zero-order valence-corrected chi connectivity index (χ0v) is 9.56. The number of anilines is 1. The molecule has 0 aliphatic rings. The number of carbonyl (C=O) groups excluding carboxylic acids is 1. The lowest BCUT2D eigenvalue weighted by molar-refractivity contribution is -0.138. The zero-order chi connectivity index (χ0) is 12.8. The number of rotatable bonds is 4. The first kappa shape index (κ1) is 12.8. The predicted octanol–water partition coefficient (Wildman–Crippen LogP) is 1.29. The SMILES string of the molecule is COc1ccccc1NC(=O)N[C@@H](C)C(=O)O. The Morgan fingerprint density at radius 1 is 1.35 bits per heavy atom. The van der Waals surface area contributed by atoms with E-state index in [9.17, 15) is 9.59 Å². The number of nitrogens with one attached hydrogen (secondary N) is 2. The topological polar surface area (TPSA) is 87.7 Å². The molecule has 0 spiro atoms. The smallest absolute Gasteiger partial charge is 0.325 e. The molecule has 0 aromatic heterocycles. The fourth-order valence-corrected chi connectivity index (χ4v) is 1.16. The van der Waals surface area contributed by atoms with Gasteiger partial charge in [0.1, 0.15) is 11.8 Å². The number of aliphatic carboxylic acids is 1. The highest BCUT2D eigenvalue weighted by molar-refractivity contribution is 5.93.